The van der Waals surface area contributed by atoms with Crippen molar-refractivity contribution in [2.45, 2.75) is 37.3 Å². The normalized spacial score (nSPS) is 19.8. The van der Waals surface area contributed by atoms with E-state index < -0.39 is 18.2 Å². The van der Waals surface area contributed by atoms with Crippen molar-refractivity contribution in [3.63, 3.8) is 0 Å². The molecule has 0 aliphatic heterocycles. The number of amides is 2. The van der Waals surface area contributed by atoms with Crippen LogP contribution >= 0.6 is 0 Å². The minimum atomic E-state index is -1.61. The predicted octanol–water partition coefficient (Wildman–Crippen LogP) is 2.26. The van der Waals surface area contributed by atoms with Crippen LogP contribution in [0.3, 0.4) is 0 Å². The van der Waals surface area contributed by atoms with E-state index in [-0.39, 0.29) is 43.4 Å². The Hall–Kier alpha value is -3.39. The van der Waals surface area contributed by atoms with Gasteiger partial charge in [-0.25, -0.2) is 9.59 Å². The molecule has 1 atom stereocenters. The average molecular weight is 438 g/mol. The second-order valence-corrected chi connectivity index (χ2v) is 8.37. The zero-order valence-corrected chi connectivity index (χ0v) is 17.5. The first kappa shape index (κ1) is 21.8. The fourth-order valence-electron chi connectivity index (χ4n) is 4.46. The van der Waals surface area contributed by atoms with E-state index in [9.17, 15) is 19.5 Å². The number of aliphatic hydroxyl groups is 1. The quantitative estimate of drug-likeness (QED) is 0.501. The molecule has 0 bridgehead atoms. The number of nitrogens with one attached hydrogen (secondary N) is 2. The monoisotopic (exact) mass is 438 g/mol. The summed E-state index contributed by atoms with van der Waals surface area (Å²) in [6.45, 7) is -0.0629. The number of carbonyl (C=O) groups is 3. The number of hydrogen-bond donors (Lipinski definition) is 4. The van der Waals surface area contributed by atoms with Crippen molar-refractivity contribution in [1.29, 1.82) is 0 Å². The summed E-state index contributed by atoms with van der Waals surface area (Å²) in [5.74, 6) is -1.57. The Morgan fingerprint density at radius 1 is 1.00 bits per heavy atom. The van der Waals surface area contributed by atoms with E-state index in [1.54, 1.807) is 0 Å². The minimum absolute atomic E-state index is 0.00661. The molecule has 0 heterocycles. The second-order valence-electron chi connectivity index (χ2n) is 8.37. The van der Waals surface area contributed by atoms with Crippen LogP contribution in [0.1, 0.15) is 36.3 Å². The van der Waals surface area contributed by atoms with Crippen molar-refractivity contribution in [3.8, 4) is 11.1 Å². The molecule has 0 spiro atoms. The number of carboxylic acid groups (broad SMARTS) is 1. The van der Waals surface area contributed by atoms with Crippen LogP contribution in [0.15, 0.2) is 48.5 Å². The molecule has 168 valence electrons. The van der Waals surface area contributed by atoms with Crippen LogP contribution < -0.4 is 10.6 Å². The molecule has 2 aliphatic rings. The first-order valence-electron chi connectivity index (χ1n) is 10.7. The number of alkyl carbamates (subject to hydrolysis) is 1. The maximum absolute atomic E-state index is 12.3. The molecule has 2 aromatic carbocycles. The van der Waals surface area contributed by atoms with E-state index in [4.69, 9.17) is 9.84 Å². The van der Waals surface area contributed by atoms with Gasteiger partial charge in [0.05, 0.1) is 6.54 Å². The summed E-state index contributed by atoms with van der Waals surface area (Å²) in [7, 11) is 0. The number of hydrogen-bond acceptors (Lipinski definition) is 5. The molecule has 8 nitrogen and oxygen atoms in total. The van der Waals surface area contributed by atoms with Crippen molar-refractivity contribution >= 4 is 18.0 Å². The van der Waals surface area contributed by atoms with Gasteiger partial charge in [0.2, 0.25) is 5.91 Å². The summed E-state index contributed by atoms with van der Waals surface area (Å²) in [6.07, 6.45) is -0.541. The summed E-state index contributed by atoms with van der Waals surface area (Å²) >= 11 is 0. The lowest BCUT2D eigenvalue weighted by Gasteiger charge is -2.35. The average Bonchev–Trinajstić information content (AvgIpc) is 3.08. The van der Waals surface area contributed by atoms with Gasteiger partial charge in [-0.15, -0.1) is 0 Å². The van der Waals surface area contributed by atoms with Gasteiger partial charge in [-0.05, 0) is 41.0 Å². The molecule has 4 N–H and O–H groups in total. The standard InChI is InChI=1S/C24H26N2O6/c27-21(23(29)30)12-25-22(28)11-14-9-15(10-14)26-24(31)32-13-20-18-7-3-1-5-16(18)17-6-2-4-8-19(17)20/h1-8,14-15,20-21,27H,9-13H2,(H,25,28)(H,26,31)(H,29,30)/t14?,15?,21-/m0/s1. The largest absolute Gasteiger partial charge is 0.479 e. The molecule has 2 aliphatic carbocycles. The van der Waals surface area contributed by atoms with Crippen LogP contribution in [-0.4, -0.2) is 53.5 Å². The lowest BCUT2D eigenvalue weighted by Crippen LogP contribution is -2.46. The van der Waals surface area contributed by atoms with Crippen molar-refractivity contribution in [3.05, 3.63) is 59.7 Å². The Bertz CT molecular complexity index is 972. The topological polar surface area (TPSA) is 125 Å². The van der Waals surface area contributed by atoms with Crippen molar-refractivity contribution in [1.82, 2.24) is 10.6 Å². The SMILES string of the molecule is O=C(CC1CC(NC(=O)OCC2c3ccccc3-c3ccccc32)C1)NC[C@H](O)C(=O)O. The zero-order chi connectivity index (χ0) is 22.7. The number of aliphatic carboxylic acids is 1. The molecule has 1 fully saturated rings. The number of carboxylic acids is 1. The first-order valence-corrected chi connectivity index (χ1v) is 10.7. The minimum Gasteiger partial charge on any atom is -0.479 e. The highest BCUT2D eigenvalue weighted by atomic mass is 16.5. The van der Waals surface area contributed by atoms with Gasteiger partial charge in [0.25, 0.3) is 0 Å². The van der Waals surface area contributed by atoms with Crippen LogP contribution in [0.25, 0.3) is 11.1 Å². The summed E-state index contributed by atoms with van der Waals surface area (Å²) in [5.41, 5.74) is 4.66. The number of fused-ring (bicyclic) bond motifs is 3. The Morgan fingerprint density at radius 3 is 2.19 bits per heavy atom. The Balaban J connectivity index is 1.20. The lowest BCUT2D eigenvalue weighted by atomic mass is 9.78. The number of rotatable bonds is 8. The number of ether oxygens (including phenoxy) is 1. The highest BCUT2D eigenvalue weighted by molar-refractivity contribution is 5.79. The van der Waals surface area contributed by atoms with Gasteiger partial charge in [0.15, 0.2) is 6.10 Å². The number of aliphatic hydroxyl groups excluding tert-OH is 1. The summed E-state index contributed by atoms with van der Waals surface area (Å²) < 4.78 is 5.54. The molecule has 1 saturated carbocycles. The van der Waals surface area contributed by atoms with Gasteiger partial charge >= 0.3 is 12.1 Å². The summed E-state index contributed by atoms with van der Waals surface area (Å²) in [5, 5.41) is 23.0. The van der Waals surface area contributed by atoms with Gasteiger partial charge in [0.1, 0.15) is 6.61 Å². The molecular formula is C24H26N2O6. The molecule has 0 saturated heterocycles. The molecule has 4 rings (SSSR count). The Morgan fingerprint density at radius 2 is 1.59 bits per heavy atom. The smallest absolute Gasteiger partial charge is 0.407 e. The third-order valence-corrected chi connectivity index (χ3v) is 6.15. The highest BCUT2D eigenvalue weighted by Crippen LogP contribution is 2.44. The fraction of sp³-hybridized carbons (Fsp3) is 0.375. The molecule has 32 heavy (non-hydrogen) atoms. The van der Waals surface area contributed by atoms with Crippen LogP contribution in [0, 0.1) is 5.92 Å². The van der Waals surface area contributed by atoms with Crippen molar-refractivity contribution in [2.75, 3.05) is 13.2 Å². The third kappa shape index (κ3) is 4.75. The molecular weight excluding hydrogens is 412 g/mol. The molecule has 0 unspecified atom stereocenters. The zero-order valence-electron chi connectivity index (χ0n) is 17.5. The number of benzene rings is 2. The van der Waals surface area contributed by atoms with Gasteiger partial charge in [-0.1, -0.05) is 48.5 Å². The van der Waals surface area contributed by atoms with E-state index >= 15 is 0 Å². The first-order chi connectivity index (χ1) is 15.4. The molecule has 2 amide bonds. The van der Waals surface area contributed by atoms with Crippen LogP contribution in [0.2, 0.25) is 0 Å². The van der Waals surface area contributed by atoms with Crippen LogP contribution in [0.5, 0.6) is 0 Å². The van der Waals surface area contributed by atoms with E-state index in [0.29, 0.717) is 12.8 Å². The molecule has 0 radical (unpaired) electrons. The number of carbonyl (C=O) groups excluding carboxylic acids is 2. The maximum atomic E-state index is 12.3. The van der Waals surface area contributed by atoms with Gasteiger partial charge in [-0.2, -0.15) is 0 Å². The van der Waals surface area contributed by atoms with Gasteiger partial charge in [0, 0.05) is 18.4 Å². The summed E-state index contributed by atoms with van der Waals surface area (Å²) in [6, 6.07) is 16.3. The fourth-order valence-corrected chi connectivity index (χ4v) is 4.46. The summed E-state index contributed by atoms with van der Waals surface area (Å²) in [4.78, 5) is 34.7. The second kappa shape index (κ2) is 9.40. The van der Waals surface area contributed by atoms with Gasteiger partial charge in [-0.3, -0.25) is 4.79 Å². The Labute approximate surface area is 185 Å². The van der Waals surface area contributed by atoms with E-state index in [2.05, 4.69) is 34.9 Å². The van der Waals surface area contributed by atoms with Gasteiger partial charge < -0.3 is 25.6 Å². The van der Waals surface area contributed by atoms with E-state index in [1.165, 1.54) is 11.1 Å². The molecule has 2 aromatic rings. The predicted molar refractivity (Wildman–Crippen MR) is 116 cm³/mol. The highest BCUT2D eigenvalue weighted by Gasteiger charge is 2.33. The van der Waals surface area contributed by atoms with Crippen molar-refractivity contribution < 1.29 is 29.3 Å². The van der Waals surface area contributed by atoms with Crippen LogP contribution in [0.4, 0.5) is 4.79 Å². The lowest BCUT2D eigenvalue weighted by molar-refractivity contribution is -0.146. The van der Waals surface area contributed by atoms with E-state index in [1.807, 2.05) is 24.3 Å². The third-order valence-electron chi connectivity index (χ3n) is 6.15. The molecule has 8 heteroatoms. The van der Waals surface area contributed by atoms with Crippen LogP contribution in [-0.2, 0) is 14.3 Å². The maximum Gasteiger partial charge on any atom is 0.407 e. The van der Waals surface area contributed by atoms with E-state index in [0.717, 1.165) is 11.1 Å². The molecule has 0 aromatic heterocycles. The Kier molecular flexibility index (Phi) is 6.41. The van der Waals surface area contributed by atoms with Crippen molar-refractivity contribution in [2.24, 2.45) is 5.92 Å².